The lowest BCUT2D eigenvalue weighted by molar-refractivity contribution is -0.130. The first-order valence-electron chi connectivity index (χ1n) is 6.27. The third kappa shape index (κ3) is 2.67. The van der Waals surface area contributed by atoms with Crippen LogP contribution >= 0.6 is 0 Å². The number of aromatic hydroxyl groups is 1. The number of hydrogen-bond acceptors (Lipinski definition) is 4. The number of phenols is 1. The summed E-state index contributed by atoms with van der Waals surface area (Å²) in [6.07, 6.45) is 1.50. The fourth-order valence-corrected chi connectivity index (χ4v) is 2.11. The molecule has 0 bridgehead atoms. The number of benzene rings is 2. The predicted octanol–water partition coefficient (Wildman–Crippen LogP) is 2.75. The van der Waals surface area contributed by atoms with E-state index >= 15 is 0 Å². The van der Waals surface area contributed by atoms with E-state index in [9.17, 15) is 15.0 Å². The maximum Gasteiger partial charge on any atom is 0.336 e. The number of carboxylic acid groups (broad SMARTS) is 1. The molecule has 0 fully saturated rings. The standard InChI is InChI=1S/C16H12O5/c17-12-3-1-2-10(6-12)7-13(16(18)19)11-4-5-14-15(8-11)21-9-20-14/h1-8,17H,9H2,(H,18,19)/b13-7-. The molecule has 2 aromatic rings. The van der Waals surface area contributed by atoms with Crippen molar-refractivity contribution in [3.63, 3.8) is 0 Å². The van der Waals surface area contributed by atoms with Crippen molar-refractivity contribution in [3.8, 4) is 17.2 Å². The van der Waals surface area contributed by atoms with Gasteiger partial charge in [-0.05, 0) is 41.5 Å². The number of carbonyl (C=O) groups is 1. The highest BCUT2D eigenvalue weighted by atomic mass is 16.7. The average molecular weight is 284 g/mol. The van der Waals surface area contributed by atoms with Crippen molar-refractivity contribution in [2.24, 2.45) is 0 Å². The Bertz CT molecular complexity index is 733. The van der Waals surface area contributed by atoms with E-state index in [2.05, 4.69) is 0 Å². The van der Waals surface area contributed by atoms with Gasteiger partial charge in [-0.2, -0.15) is 0 Å². The maximum absolute atomic E-state index is 11.5. The van der Waals surface area contributed by atoms with Gasteiger partial charge in [-0.15, -0.1) is 0 Å². The SMILES string of the molecule is O=C(O)/C(=C\c1cccc(O)c1)c1ccc2c(c1)OCO2. The van der Waals surface area contributed by atoms with Crippen molar-refractivity contribution in [2.75, 3.05) is 6.79 Å². The van der Waals surface area contributed by atoms with E-state index in [0.717, 1.165) is 0 Å². The molecule has 106 valence electrons. The Labute approximate surface area is 120 Å². The fourth-order valence-electron chi connectivity index (χ4n) is 2.11. The molecule has 0 aliphatic carbocycles. The molecule has 2 aromatic carbocycles. The topological polar surface area (TPSA) is 76.0 Å². The van der Waals surface area contributed by atoms with E-state index in [1.165, 1.54) is 18.2 Å². The Balaban J connectivity index is 2.04. The molecule has 0 unspecified atom stereocenters. The minimum absolute atomic E-state index is 0.0826. The number of hydrogen-bond donors (Lipinski definition) is 2. The molecule has 1 heterocycles. The molecule has 1 aliphatic heterocycles. The third-order valence-corrected chi connectivity index (χ3v) is 3.10. The van der Waals surface area contributed by atoms with Crippen molar-refractivity contribution in [1.29, 1.82) is 0 Å². The predicted molar refractivity (Wildman–Crippen MR) is 76.2 cm³/mol. The van der Waals surface area contributed by atoms with Gasteiger partial charge in [-0.3, -0.25) is 0 Å². The highest BCUT2D eigenvalue weighted by molar-refractivity contribution is 6.20. The van der Waals surface area contributed by atoms with Crippen LogP contribution in [0.15, 0.2) is 42.5 Å². The quantitative estimate of drug-likeness (QED) is 0.669. The van der Waals surface area contributed by atoms with Crippen LogP contribution in [-0.2, 0) is 4.79 Å². The highest BCUT2D eigenvalue weighted by Crippen LogP contribution is 2.35. The van der Waals surface area contributed by atoms with Gasteiger partial charge in [0.25, 0.3) is 0 Å². The third-order valence-electron chi connectivity index (χ3n) is 3.10. The fraction of sp³-hybridized carbons (Fsp3) is 0.0625. The minimum atomic E-state index is -1.06. The molecule has 5 heteroatoms. The summed E-state index contributed by atoms with van der Waals surface area (Å²) in [6.45, 7) is 0.136. The lowest BCUT2D eigenvalue weighted by atomic mass is 10.0. The van der Waals surface area contributed by atoms with Gasteiger partial charge >= 0.3 is 5.97 Å². The molecule has 0 saturated carbocycles. The first-order chi connectivity index (χ1) is 10.1. The summed E-state index contributed by atoms with van der Waals surface area (Å²) in [7, 11) is 0. The Kier molecular flexibility index (Phi) is 3.23. The van der Waals surface area contributed by atoms with Crippen LogP contribution in [0.2, 0.25) is 0 Å². The first kappa shape index (κ1) is 13.1. The van der Waals surface area contributed by atoms with Gasteiger partial charge in [0.15, 0.2) is 11.5 Å². The zero-order valence-electron chi connectivity index (χ0n) is 10.9. The number of carboxylic acids is 1. The molecular formula is C16H12O5. The van der Waals surface area contributed by atoms with E-state index in [-0.39, 0.29) is 18.1 Å². The summed E-state index contributed by atoms with van der Waals surface area (Å²) >= 11 is 0. The van der Waals surface area contributed by atoms with Crippen LogP contribution in [0.25, 0.3) is 11.6 Å². The van der Waals surface area contributed by atoms with Crippen molar-refractivity contribution in [3.05, 3.63) is 53.6 Å². The highest BCUT2D eigenvalue weighted by Gasteiger charge is 2.17. The second kappa shape index (κ2) is 5.20. The zero-order chi connectivity index (χ0) is 14.8. The molecule has 0 amide bonds. The number of ether oxygens (including phenoxy) is 2. The largest absolute Gasteiger partial charge is 0.508 e. The maximum atomic E-state index is 11.5. The summed E-state index contributed by atoms with van der Waals surface area (Å²) in [4.78, 5) is 11.5. The zero-order valence-corrected chi connectivity index (χ0v) is 10.9. The molecule has 0 spiro atoms. The van der Waals surface area contributed by atoms with Crippen LogP contribution in [0.3, 0.4) is 0 Å². The van der Waals surface area contributed by atoms with Crippen LogP contribution in [0.5, 0.6) is 17.2 Å². The van der Waals surface area contributed by atoms with Crippen LogP contribution in [0, 0.1) is 0 Å². The molecule has 5 nitrogen and oxygen atoms in total. The van der Waals surface area contributed by atoms with Crippen molar-refractivity contribution < 1.29 is 24.5 Å². The summed E-state index contributed by atoms with van der Waals surface area (Å²) in [6, 6.07) is 11.4. The summed E-state index contributed by atoms with van der Waals surface area (Å²) in [5.41, 5.74) is 1.22. The van der Waals surface area contributed by atoms with Gasteiger partial charge in [-0.1, -0.05) is 18.2 Å². The van der Waals surface area contributed by atoms with Crippen LogP contribution in [-0.4, -0.2) is 23.0 Å². The lowest BCUT2D eigenvalue weighted by Crippen LogP contribution is -1.99. The Morgan fingerprint density at radius 1 is 1.10 bits per heavy atom. The second-order valence-electron chi connectivity index (χ2n) is 4.53. The minimum Gasteiger partial charge on any atom is -0.508 e. The normalized spacial score (nSPS) is 13.2. The molecule has 0 atom stereocenters. The lowest BCUT2D eigenvalue weighted by Gasteiger charge is -2.05. The van der Waals surface area contributed by atoms with E-state index in [0.29, 0.717) is 22.6 Å². The molecule has 0 aromatic heterocycles. The van der Waals surface area contributed by atoms with Gasteiger partial charge in [-0.25, -0.2) is 4.79 Å². The number of fused-ring (bicyclic) bond motifs is 1. The van der Waals surface area contributed by atoms with E-state index in [1.807, 2.05) is 0 Å². The Morgan fingerprint density at radius 3 is 2.67 bits per heavy atom. The molecule has 1 aliphatic rings. The molecule has 3 rings (SSSR count). The summed E-state index contributed by atoms with van der Waals surface area (Å²) in [5.74, 6) is 0.146. The molecule has 21 heavy (non-hydrogen) atoms. The second-order valence-corrected chi connectivity index (χ2v) is 4.53. The monoisotopic (exact) mass is 284 g/mol. The Morgan fingerprint density at radius 2 is 1.90 bits per heavy atom. The van der Waals surface area contributed by atoms with Gasteiger partial charge in [0, 0.05) is 0 Å². The van der Waals surface area contributed by atoms with Gasteiger partial charge in [0.1, 0.15) is 5.75 Å². The van der Waals surface area contributed by atoms with Gasteiger partial charge < -0.3 is 19.7 Å². The summed E-state index contributed by atoms with van der Waals surface area (Å²) < 4.78 is 10.5. The number of aliphatic carboxylic acids is 1. The molecule has 2 N–H and O–H groups in total. The van der Waals surface area contributed by atoms with E-state index in [4.69, 9.17) is 9.47 Å². The van der Waals surface area contributed by atoms with Crippen molar-refractivity contribution in [1.82, 2.24) is 0 Å². The van der Waals surface area contributed by atoms with Crippen LogP contribution in [0.1, 0.15) is 11.1 Å². The first-order valence-corrected chi connectivity index (χ1v) is 6.27. The smallest absolute Gasteiger partial charge is 0.336 e. The summed E-state index contributed by atoms with van der Waals surface area (Å²) in [5, 5.41) is 18.9. The number of phenolic OH excluding ortho intramolecular Hbond substituents is 1. The van der Waals surface area contributed by atoms with Crippen molar-refractivity contribution >= 4 is 17.6 Å². The van der Waals surface area contributed by atoms with Crippen molar-refractivity contribution in [2.45, 2.75) is 0 Å². The van der Waals surface area contributed by atoms with Gasteiger partial charge in [0.05, 0.1) is 5.57 Å². The van der Waals surface area contributed by atoms with E-state index < -0.39 is 5.97 Å². The molecule has 0 radical (unpaired) electrons. The average Bonchev–Trinajstić information content (AvgIpc) is 2.92. The van der Waals surface area contributed by atoms with Crippen LogP contribution < -0.4 is 9.47 Å². The van der Waals surface area contributed by atoms with Gasteiger partial charge in [0.2, 0.25) is 6.79 Å². The number of rotatable bonds is 3. The molecular weight excluding hydrogens is 272 g/mol. The van der Waals surface area contributed by atoms with E-state index in [1.54, 1.807) is 30.3 Å². The van der Waals surface area contributed by atoms with Crippen LogP contribution in [0.4, 0.5) is 0 Å². The molecule has 0 saturated heterocycles. The Hall–Kier alpha value is -2.95.